The molecule has 27 heavy (non-hydrogen) atoms. The van der Waals surface area contributed by atoms with Crippen LogP contribution >= 0.6 is 11.6 Å². The van der Waals surface area contributed by atoms with E-state index in [1.165, 1.54) is 0 Å². The van der Waals surface area contributed by atoms with Gasteiger partial charge in [-0.05, 0) is 24.6 Å². The Balaban J connectivity index is 0.00000225. The van der Waals surface area contributed by atoms with Crippen LogP contribution in [0.2, 0.25) is 5.02 Å². The van der Waals surface area contributed by atoms with Crippen molar-refractivity contribution in [3.8, 4) is 11.3 Å². The molecule has 0 spiro atoms. The molecular weight excluding hydrogens is 362 g/mol. The van der Waals surface area contributed by atoms with E-state index in [9.17, 15) is 4.79 Å². The number of nitrogens with one attached hydrogen (secondary N) is 1. The van der Waals surface area contributed by atoms with Crippen molar-refractivity contribution in [2.45, 2.75) is 19.8 Å². The first-order valence-corrected chi connectivity index (χ1v) is 9.66. The van der Waals surface area contributed by atoms with E-state index in [0.29, 0.717) is 11.4 Å². The Morgan fingerprint density at radius 1 is 1.30 bits per heavy atom. The van der Waals surface area contributed by atoms with Gasteiger partial charge in [-0.15, -0.1) is 0 Å². The molecule has 6 nitrogen and oxygen atoms in total. The summed E-state index contributed by atoms with van der Waals surface area (Å²) in [6, 6.07) is 7.94. The second-order valence-corrected chi connectivity index (χ2v) is 7.19. The number of fused-ring (bicyclic) bond motifs is 1. The van der Waals surface area contributed by atoms with Gasteiger partial charge in [-0.1, -0.05) is 24.6 Å². The number of piperazine rings is 1. The van der Waals surface area contributed by atoms with E-state index in [2.05, 4.69) is 14.9 Å². The van der Waals surface area contributed by atoms with Crippen molar-refractivity contribution in [3.05, 3.63) is 41.7 Å². The van der Waals surface area contributed by atoms with Crippen molar-refractivity contribution in [2.75, 3.05) is 31.1 Å². The van der Waals surface area contributed by atoms with E-state index in [0.717, 1.165) is 60.7 Å². The minimum Gasteiger partial charge on any atom is -0.353 e. The quantitative estimate of drug-likeness (QED) is 0.737. The molecule has 1 fully saturated rings. The summed E-state index contributed by atoms with van der Waals surface area (Å²) in [7, 11) is 0. The highest BCUT2D eigenvalue weighted by molar-refractivity contribution is 6.31. The van der Waals surface area contributed by atoms with Gasteiger partial charge in [-0.25, -0.2) is 9.97 Å². The fourth-order valence-electron chi connectivity index (χ4n) is 3.50. The second kappa shape index (κ2) is 7.56. The van der Waals surface area contributed by atoms with Gasteiger partial charge in [0, 0.05) is 57.4 Å². The monoisotopic (exact) mass is 385 g/mol. The number of nitrogens with zero attached hydrogens (tertiary/aromatic N) is 4. The van der Waals surface area contributed by atoms with Gasteiger partial charge < -0.3 is 14.8 Å². The molecule has 1 aliphatic heterocycles. The molecule has 3 aromatic rings. The minimum absolute atomic E-state index is 0. The maximum Gasteiger partial charge on any atom is 0.222 e. The van der Waals surface area contributed by atoms with Crippen LogP contribution in [0, 0.1) is 0 Å². The van der Waals surface area contributed by atoms with E-state index >= 15 is 0 Å². The molecule has 0 unspecified atom stereocenters. The third-order valence-electron chi connectivity index (χ3n) is 4.93. The van der Waals surface area contributed by atoms with Crippen molar-refractivity contribution in [1.29, 1.82) is 0 Å². The molecule has 4 heterocycles. The van der Waals surface area contributed by atoms with Crippen molar-refractivity contribution >= 4 is 34.4 Å². The third-order valence-corrected chi connectivity index (χ3v) is 5.14. The average molecular weight is 386 g/mol. The van der Waals surface area contributed by atoms with Gasteiger partial charge in [0.25, 0.3) is 0 Å². The summed E-state index contributed by atoms with van der Waals surface area (Å²) in [5.74, 6) is 1.18. The van der Waals surface area contributed by atoms with Crippen LogP contribution in [0.4, 0.5) is 5.82 Å². The number of H-pyrrole nitrogens is 1. The Kier molecular flexibility index (Phi) is 4.99. The predicted octanol–water partition coefficient (Wildman–Crippen LogP) is 3.97. The number of aromatic nitrogens is 3. The molecule has 0 aromatic carbocycles. The summed E-state index contributed by atoms with van der Waals surface area (Å²) in [4.78, 5) is 28.6. The van der Waals surface area contributed by atoms with Gasteiger partial charge in [0.15, 0.2) is 0 Å². The largest absolute Gasteiger partial charge is 0.353 e. The second-order valence-electron chi connectivity index (χ2n) is 6.75. The molecule has 1 amide bonds. The van der Waals surface area contributed by atoms with Crippen molar-refractivity contribution in [2.24, 2.45) is 0 Å². The van der Waals surface area contributed by atoms with Crippen LogP contribution in [0.1, 0.15) is 21.2 Å². The normalized spacial score (nSPS) is 14.7. The number of aromatic amines is 1. The Hall–Kier alpha value is -2.60. The SMILES string of the molecule is CCCC(=O)N1CCN(c2cccc(-c3c[nH]c4ncc(Cl)cc34)n2)CC1.[HH]. The predicted molar refractivity (Wildman–Crippen MR) is 110 cm³/mol. The molecule has 0 radical (unpaired) electrons. The van der Waals surface area contributed by atoms with Gasteiger partial charge >= 0.3 is 0 Å². The molecule has 0 aliphatic carbocycles. The lowest BCUT2D eigenvalue weighted by atomic mass is 10.1. The number of carbonyl (C=O) groups excluding carboxylic acids is 1. The van der Waals surface area contributed by atoms with E-state index in [1.807, 2.05) is 42.3 Å². The smallest absolute Gasteiger partial charge is 0.222 e. The Morgan fingerprint density at radius 2 is 2.11 bits per heavy atom. The van der Waals surface area contributed by atoms with E-state index in [-0.39, 0.29) is 7.33 Å². The fourth-order valence-corrected chi connectivity index (χ4v) is 3.65. The first-order valence-electron chi connectivity index (χ1n) is 9.28. The number of hydrogen-bond acceptors (Lipinski definition) is 4. The number of hydrogen-bond donors (Lipinski definition) is 1. The lowest BCUT2D eigenvalue weighted by Gasteiger charge is -2.35. The molecule has 0 atom stereocenters. The zero-order chi connectivity index (χ0) is 18.8. The lowest BCUT2D eigenvalue weighted by molar-refractivity contribution is -0.131. The van der Waals surface area contributed by atoms with Crippen molar-refractivity contribution in [3.63, 3.8) is 0 Å². The maximum atomic E-state index is 12.1. The van der Waals surface area contributed by atoms with Crippen molar-refractivity contribution in [1.82, 2.24) is 19.9 Å². The Morgan fingerprint density at radius 3 is 2.89 bits per heavy atom. The molecule has 142 valence electrons. The van der Waals surface area contributed by atoms with Gasteiger partial charge in [0.05, 0.1) is 10.7 Å². The van der Waals surface area contributed by atoms with E-state index < -0.39 is 0 Å². The molecule has 3 aromatic heterocycles. The van der Waals surface area contributed by atoms with Crippen LogP contribution in [0.3, 0.4) is 0 Å². The number of anilines is 1. The van der Waals surface area contributed by atoms with Gasteiger partial charge in [-0.3, -0.25) is 4.79 Å². The maximum absolute atomic E-state index is 12.1. The number of pyridine rings is 2. The number of halogens is 1. The minimum atomic E-state index is 0. The van der Waals surface area contributed by atoms with E-state index in [1.54, 1.807) is 6.20 Å². The summed E-state index contributed by atoms with van der Waals surface area (Å²) in [5.41, 5.74) is 2.66. The van der Waals surface area contributed by atoms with Crippen LogP contribution in [0.15, 0.2) is 36.7 Å². The fraction of sp³-hybridized carbons (Fsp3) is 0.350. The molecule has 0 bridgehead atoms. The van der Waals surface area contributed by atoms with Crippen LogP contribution in [-0.4, -0.2) is 51.9 Å². The summed E-state index contributed by atoms with van der Waals surface area (Å²) in [6.45, 7) is 5.13. The van der Waals surface area contributed by atoms with Crippen molar-refractivity contribution < 1.29 is 6.22 Å². The van der Waals surface area contributed by atoms with E-state index in [4.69, 9.17) is 16.6 Å². The molecular formula is C20H24ClN5O. The summed E-state index contributed by atoms with van der Waals surface area (Å²) < 4.78 is 0. The zero-order valence-corrected chi connectivity index (χ0v) is 16.0. The topological polar surface area (TPSA) is 65.1 Å². The standard InChI is InChI=1S/C20H22ClN5O.H2/c1-2-4-19(27)26-9-7-25(8-10-26)18-6-3-5-17(24-18)16-13-23-20-15(16)11-14(21)12-22-20;/h3,5-6,11-13H,2,4,7-10H2,1H3,(H,22,23);1H. The highest BCUT2D eigenvalue weighted by Gasteiger charge is 2.21. The molecule has 0 saturated carbocycles. The summed E-state index contributed by atoms with van der Waals surface area (Å²) >= 11 is 6.11. The van der Waals surface area contributed by atoms with Gasteiger partial charge in [0.2, 0.25) is 5.91 Å². The van der Waals surface area contributed by atoms with Gasteiger partial charge in [0.1, 0.15) is 11.5 Å². The summed E-state index contributed by atoms with van der Waals surface area (Å²) in [6.07, 6.45) is 5.08. The third kappa shape index (κ3) is 3.62. The van der Waals surface area contributed by atoms with Crippen LogP contribution in [0.25, 0.3) is 22.3 Å². The molecule has 1 aliphatic rings. The first kappa shape index (κ1) is 17.8. The Labute approximate surface area is 164 Å². The van der Waals surface area contributed by atoms with Gasteiger partial charge in [-0.2, -0.15) is 0 Å². The van der Waals surface area contributed by atoms with Crippen LogP contribution < -0.4 is 4.90 Å². The number of rotatable bonds is 4. The number of carbonyl (C=O) groups is 1. The molecule has 1 N–H and O–H groups in total. The summed E-state index contributed by atoms with van der Waals surface area (Å²) in [5, 5.41) is 1.56. The highest BCUT2D eigenvalue weighted by atomic mass is 35.5. The molecule has 1 saturated heterocycles. The zero-order valence-electron chi connectivity index (χ0n) is 15.3. The number of amides is 1. The van der Waals surface area contributed by atoms with Crippen LogP contribution in [-0.2, 0) is 4.79 Å². The van der Waals surface area contributed by atoms with Crippen LogP contribution in [0.5, 0.6) is 0 Å². The Bertz CT molecular complexity index is 968. The molecule has 7 heteroatoms. The average Bonchev–Trinajstić information content (AvgIpc) is 3.11. The lowest BCUT2D eigenvalue weighted by Crippen LogP contribution is -2.49. The first-order chi connectivity index (χ1) is 13.2. The molecule has 4 rings (SSSR count). The highest BCUT2D eigenvalue weighted by Crippen LogP contribution is 2.29.